The Kier molecular flexibility index (Phi) is 5.50. The summed E-state index contributed by atoms with van der Waals surface area (Å²) in [5.41, 5.74) is -0.351. The summed E-state index contributed by atoms with van der Waals surface area (Å²) in [6, 6.07) is 0. The fraction of sp³-hybridized carbons (Fsp3) is 0.923. The highest BCUT2D eigenvalue weighted by Gasteiger charge is 2.31. The average Bonchev–Trinajstić information content (AvgIpc) is 2.13. The van der Waals surface area contributed by atoms with Crippen LogP contribution in [0.2, 0.25) is 0 Å². The van der Waals surface area contributed by atoms with Crippen LogP contribution in [0.3, 0.4) is 0 Å². The van der Waals surface area contributed by atoms with Gasteiger partial charge in [-0.05, 0) is 32.1 Å². The van der Waals surface area contributed by atoms with Gasteiger partial charge in [0.25, 0.3) is 0 Å². The third-order valence-electron chi connectivity index (χ3n) is 2.83. The Bertz CT molecular complexity index is 203. The van der Waals surface area contributed by atoms with E-state index in [4.69, 9.17) is 4.74 Å². The third-order valence-corrected chi connectivity index (χ3v) is 2.83. The monoisotopic (exact) mass is 214 g/mol. The Morgan fingerprint density at radius 3 is 2.00 bits per heavy atom. The van der Waals surface area contributed by atoms with Crippen LogP contribution in [0.1, 0.15) is 60.8 Å². The number of rotatable bonds is 6. The third kappa shape index (κ3) is 5.31. The molecule has 0 bridgehead atoms. The van der Waals surface area contributed by atoms with E-state index in [1.54, 1.807) is 0 Å². The fourth-order valence-corrected chi connectivity index (χ4v) is 1.45. The van der Waals surface area contributed by atoms with Crippen molar-refractivity contribution in [3.8, 4) is 0 Å². The summed E-state index contributed by atoms with van der Waals surface area (Å²) in [6.45, 7) is 12.9. The molecule has 0 saturated carbocycles. The Morgan fingerprint density at radius 2 is 1.67 bits per heavy atom. The molecule has 0 heterocycles. The Hall–Kier alpha value is -0.370. The zero-order valence-electron chi connectivity index (χ0n) is 11.1. The summed E-state index contributed by atoms with van der Waals surface area (Å²) in [4.78, 5) is 12.0. The zero-order chi connectivity index (χ0) is 12.1. The first-order chi connectivity index (χ1) is 6.75. The zero-order valence-corrected chi connectivity index (χ0v) is 11.1. The largest absolute Gasteiger partial charge is 0.368 e. The molecule has 0 spiro atoms. The Labute approximate surface area is 94.4 Å². The molecule has 0 radical (unpaired) electrons. The van der Waals surface area contributed by atoms with Gasteiger partial charge in [-0.25, -0.2) is 0 Å². The Balaban J connectivity index is 4.28. The number of ketones is 1. The predicted molar refractivity (Wildman–Crippen MR) is 64.0 cm³/mol. The molecule has 0 aromatic heterocycles. The van der Waals surface area contributed by atoms with Gasteiger partial charge in [-0.15, -0.1) is 0 Å². The van der Waals surface area contributed by atoms with E-state index in [1.807, 2.05) is 20.8 Å². The van der Waals surface area contributed by atoms with Crippen molar-refractivity contribution in [2.45, 2.75) is 66.4 Å². The first-order valence-corrected chi connectivity index (χ1v) is 5.92. The SMILES string of the molecule is CCOC(C)(CC)C(=O)CCC(C)(C)C. The molecule has 0 aromatic carbocycles. The van der Waals surface area contributed by atoms with Crippen LogP contribution in [0, 0.1) is 5.41 Å². The highest BCUT2D eigenvalue weighted by Crippen LogP contribution is 2.25. The maximum Gasteiger partial charge on any atom is 0.164 e. The van der Waals surface area contributed by atoms with E-state index in [0.29, 0.717) is 13.0 Å². The number of Topliss-reactive ketones (excluding diaryl/α,β-unsaturated/α-hetero) is 1. The second-order valence-corrected chi connectivity index (χ2v) is 5.50. The van der Waals surface area contributed by atoms with Crippen LogP contribution in [0.25, 0.3) is 0 Å². The first-order valence-electron chi connectivity index (χ1n) is 5.92. The number of hydrogen-bond acceptors (Lipinski definition) is 2. The quantitative estimate of drug-likeness (QED) is 0.675. The molecule has 0 saturated heterocycles. The van der Waals surface area contributed by atoms with Crippen LogP contribution >= 0.6 is 0 Å². The van der Waals surface area contributed by atoms with Crippen molar-refractivity contribution in [1.29, 1.82) is 0 Å². The molecule has 1 atom stereocenters. The second-order valence-electron chi connectivity index (χ2n) is 5.50. The summed E-state index contributed by atoms with van der Waals surface area (Å²) < 4.78 is 5.56. The van der Waals surface area contributed by atoms with Gasteiger partial charge in [-0.2, -0.15) is 0 Å². The number of ether oxygens (including phenoxy) is 1. The lowest BCUT2D eigenvalue weighted by atomic mass is 9.85. The predicted octanol–water partition coefficient (Wildman–Crippen LogP) is 3.59. The van der Waals surface area contributed by atoms with E-state index in [1.165, 1.54) is 0 Å². The van der Waals surface area contributed by atoms with Crippen molar-refractivity contribution in [3.63, 3.8) is 0 Å². The van der Waals surface area contributed by atoms with Crippen molar-refractivity contribution < 1.29 is 9.53 Å². The van der Waals surface area contributed by atoms with Crippen LogP contribution in [0.5, 0.6) is 0 Å². The van der Waals surface area contributed by atoms with Crippen LogP contribution < -0.4 is 0 Å². The van der Waals surface area contributed by atoms with Crippen molar-refractivity contribution in [1.82, 2.24) is 0 Å². The maximum atomic E-state index is 12.0. The maximum absolute atomic E-state index is 12.0. The molecule has 15 heavy (non-hydrogen) atoms. The minimum Gasteiger partial charge on any atom is -0.368 e. The van der Waals surface area contributed by atoms with Crippen molar-refractivity contribution >= 4 is 5.78 Å². The van der Waals surface area contributed by atoms with Gasteiger partial charge in [0.2, 0.25) is 0 Å². The normalized spacial score (nSPS) is 16.1. The van der Waals surface area contributed by atoms with E-state index in [2.05, 4.69) is 20.8 Å². The summed E-state index contributed by atoms with van der Waals surface area (Å²) in [5.74, 6) is 0.238. The molecule has 1 unspecified atom stereocenters. The molecular weight excluding hydrogens is 188 g/mol. The van der Waals surface area contributed by atoms with Crippen LogP contribution in [-0.4, -0.2) is 18.0 Å². The smallest absolute Gasteiger partial charge is 0.164 e. The standard InChI is InChI=1S/C13H26O2/c1-7-13(6,15-8-2)11(14)9-10-12(3,4)5/h7-10H2,1-6H3. The van der Waals surface area contributed by atoms with Gasteiger partial charge in [-0.3, -0.25) is 4.79 Å². The second kappa shape index (κ2) is 5.64. The van der Waals surface area contributed by atoms with Crippen molar-refractivity contribution in [2.75, 3.05) is 6.61 Å². The molecule has 0 aliphatic carbocycles. The van der Waals surface area contributed by atoms with Gasteiger partial charge in [0.15, 0.2) is 5.78 Å². The van der Waals surface area contributed by atoms with Gasteiger partial charge in [0.05, 0.1) is 0 Å². The molecule has 2 heteroatoms. The van der Waals surface area contributed by atoms with Gasteiger partial charge in [0.1, 0.15) is 5.60 Å². The highest BCUT2D eigenvalue weighted by molar-refractivity contribution is 5.86. The Morgan fingerprint density at radius 1 is 1.13 bits per heavy atom. The minimum absolute atomic E-state index is 0.219. The molecule has 0 fully saturated rings. The van der Waals surface area contributed by atoms with Crippen LogP contribution in [0.4, 0.5) is 0 Å². The lowest BCUT2D eigenvalue weighted by molar-refractivity contribution is -0.143. The van der Waals surface area contributed by atoms with Gasteiger partial charge >= 0.3 is 0 Å². The summed E-state index contributed by atoms with van der Waals surface area (Å²) >= 11 is 0. The first kappa shape index (κ1) is 14.6. The van der Waals surface area contributed by atoms with Crippen LogP contribution in [-0.2, 0) is 9.53 Å². The lowest BCUT2D eigenvalue weighted by Crippen LogP contribution is -2.38. The molecule has 2 nitrogen and oxygen atoms in total. The molecule has 0 aliphatic heterocycles. The molecule has 0 rings (SSSR count). The average molecular weight is 214 g/mol. The molecular formula is C13H26O2. The minimum atomic E-state index is -0.569. The number of carbonyl (C=O) groups is 1. The van der Waals surface area contributed by atoms with E-state index < -0.39 is 5.60 Å². The van der Waals surface area contributed by atoms with Gasteiger partial charge < -0.3 is 4.74 Å². The molecule has 0 N–H and O–H groups in total. The molecule has 0 aliphatic rings. The summed E-state index contributed by atoms with van der Waals surface area (Å²) in [6.07, 6.45) is 2.30. The summed E-state index contributed by atoms with van der Waals surface area (Å²) in [7, 11) is 0. The van der Waals surface area contributed by atoms with Crippen molar-refractivity contribution in [2.24, 2.45) is 5.41 Å². The van der Waals surface area contributed by atoms with E-state index in [0.717, 1.165) is 12.8 Å². The van der Waals surface area contributed by atoms with Gasteiger partial charge in [0, 0.05) is 13.0 Å². The molecule has 0 aromatic rings. The molecule has 0 amide bonds. The van der Waals surface area contributed by atoms with Gasteiger partial charge in [-0.1, -0.05) is 27.7 Å². The van der Waals surface area contributed by atoms with Crippen LogP contribution in [0.15, 0.2) is 0 Å². The fourth-order valence-electron chi connectivity index (χ4n) is 1.45. The summed E-state index contributed by atoms with van der Waals surface area (Å²) in [5, 5.41) is 0. The highest BCUT2D eigenvalue weighted by atomic mass is 16.5. The van der Waals surface area contributed by atoms with E-state index in [-0.39, 0.29) is 11.2 Å². The topological polar surface area (TPSA) is 26.3 Å². The number of carbonyl (C=O) groups excluding carboxylic acids is 1. The molecule has 90 valence electrons. The lowest BCUT2D eigenvalue weighted by Gasteiger charge is -2.28. The van der Waals surface area contributed by atoms with E-state index >= 15 is 0 Å². The number of hydrogen-bond donors (Lipinski definition) is 0. The van der Waals surface area contributed by atoms with Crippen molar-refractivity contribution in [3.05, 3.63) is 0 Å². The van der Waals surface area contributed by atoms with E-state index in [9.17, 15) is 4.79 Å².